The first kappa shape index (κ1) is 19.7. The lowest BCUT2D eigenvalue weighted by Gasteiger charge is -2.32. The van der Waals surface area contributed by atoms with Crippen LogP contribution in [0.5, 0.6) is 0 Å². The van der Waals surface area contributed by atoms with Crippen LogP contribution in [-0.2, 0) is 4.74 Å². The zero-order chi connectivity index (χ0) is 18.1. The van der Waals surface area contributed by atoms with E-state index < -0.39 is 30.5 Å². The van der Waals surface area contributed by atoms with Crippen LogP contribution in [0.4, 0.5) is 30.7 Å². The summed E-state index contributed by atoms with van der Waals surface area (Å²) in [7, 11) is 0.944. The van der Waals surface area contributed by atoms with Crippen LogP contribution in [0.15, 0.2) is 24.3 Å². The van der Waals surface area contributed by atoms with Crippen LogP contribution in [-0.4, -0.2) is 25.1 Å². The summed E-state index contributed by atoms with van der Waals surface area (Å²) in [5.41, 5.74) is -4.57. The first-order valence-corrected chi connectivity index (χ1v) is 6.78. The molecule has 1 unspecified atom stereocenters. The Labute approximate surface area is 129 Å². The van der Waals surface area contributed by atoms with Gasteiger partial charge < -0.3 is 4.74 Å². The standard InChI is InChI=1S/C15H17F7O/c1-9(2)10-5-4-6-11(7-10)12(23-3)8-13(16,14(17,18)19)15(20,21)22/h4-7,9,12H,8H2,1-3H3. The number of methoxy groups -OCH3 is 1. The highest BCUT2D eigenvalue weighted by molar-refractivity contribution is 5.28. The summed E-state index contributed by atoms with van der Waals surface area (Å²) in [6, 6.07) is 5.90. The fraction of sp³-hybridized carbons (Fsp3) is 0.600. The normalized spacial score (nSPS) is 15.1. The Morgan fingerprint density at radius 2 is 1.39 bits per heavy atom. The van der Waals surface area contributed by atoms with E-state index in [1.807, 2.05) is 13.8 Å². The van der Waals surface area contributed by atoms with Gasteiger partial charge in [0.15, 0.2) is 0 Å². The molecule has 0 aromatic heterocycles. The summed E-state index contributed by atoms with van der Waals surface area (Å²) in [4.78, 5) is 0. The highest BCUT2D eigenvalue weighted by atomic mass is 19.4. The molecule has 0 saturated carbocycles. The zero-order valence-corrected chi connectivity index (χ0v) is 12.7. The van der Waals surface area contributed by atoms with Crippen LogP contribution in [0, 0.1) is 0 Å². The molecule has 0 N–H and O–H groups in total. The van der Waals surface area contributed by atoms with Crippen molar-refractivity contribution in [2.45, 2.75) is 50.3 Å². The van der Waals surface area contributed by atoms with Crippen molar-refractivity contribution >= 4 is 0 Å². The Bertz CT molecular complexity index is 505. The first-order chi connectivity index (χ1) is 10.3. The second kappa shape index (κ2) is 6.67. The number of alkyl halides is 7. The van der Waals surface area contributed by atoms with E-state index in [2.05, 4.69) is 0 Å². The summed E-state index contributed by atoms with van der Waals surface area (Å²) in [6.07, 6.45) is -15.7. The van der Waals surface area contributed by atoms with E-state index in [1.165, 1.54) is 18.2 Å². The molecule has 1 nitrogen and oxygen atoms in total. The van der Waals surface area contributed by atoms with Crippen molar-refractivity contribution in [3.8, 4) is 0 Å². The van der Waals surface area contributed by atoms with Crippen molar-refractivity contribution in [2.24, 2.45) is 0 Å². The largest absolute Gasteiger partial charge is 0.431 e. The third-order valence-corrected chi connectivity index (χ3v) is 3.60. The summed E-state index contributed by atoms with van der Waals surface area (Å²) in [5.74, 6) is 0.00724. The van der Waals surface area contributed by atoms with Crippen LogP contribution in [0.2, 0.25) is 0 Å². The van der Waals surface area contributed by atoms with Crippen LogP contribution in [0.25, 0.3) is 0 Å². The van der Waals surface area contributed by atoms with E-state index in [1.54, 1.807) is 6.07 Å². The summed E-state index contributed by atoms with van der Waals surface area (Å²) < 4.78 is 94.6. The molecule has 0 amide bonds. The highest BCUT2D eigenvalue weighted by Gasteiger charge is 2.72. The monoisotopic (exact) mass is 346 g/mol. The van der Waals surface area contributed by atoms with E-state index in [9.17, 15) is 30.7 Å². The molecule has 0 fully saturated rings. The maximum atomic E-state index is 13.9. The predicted octanol–water partition coefficient (Wildman–Crippen LogP) is 5.72. The number of benzene rings is 1. The van der Waals surface area contributed by atoms with Gasteiger partial charge in [-0.2, -0.15) is 26.3 Å². The Morgan fingerprint density at radius 1 is 0.913 bits per heavy atom. The maximum Gasteiger partial charge on any atom is 0.431 e. The lowest BCUT2D eigenvalue weighted by molar-refractivity contribution is -0.348. The van der Waals surface area contributed by atoms with E-state index >= 15 is 0 Å². The minimum absolute atomic E-state index is 0.00724. The van der Waals surface area contributed by atoms with Crippen LogP contribution < -0.4 is 0 Å². The molecule has 0 aliphatic heterocycles. The number of ether oxygens (including phenoxy) is 1. The van der Waals surface area contributed by atoms with Crippen molar-refractivity contribution in [3.05, 3.63) is 35.4 Å². The molecule has 1 atom stereocenters. The quantitative estimate of drug-likeness (QED) is 0.620. The van der Waals surface area contributed by atoms with Gasteiger partial charge in [-0.25, -0.2) is 4.39 Å². The van der Waals surface area contributed by atoms with Gasteiger partial charge in [0.25, 0.3) is 0 Å². The number of hydrogen-bond acceptors (Lipinski definition) is 1. The van der Waals surface area contributed by atoms with Gasteiger partial charge in [0, 0.05) is 13.5 Å². The molecule has 0 aliphatic carbocycles. The van der Waals surface area contributed by atoms with Crippen molar-refractivity contribution in [1.82, 2.24) is 0 Å². The van der Waals surface area contributed by atoms with Crippen molar-refractivity contribution < 1.29 is 35.5 Å². The highest BCUT2D eigenvalue weighted by Crippen LogP contribution is 2.51. The van der Waals surface area contributed by atoms with E-state index in [0.29, 0.717) is 5.56 Å². The fourth-order valence-corrected chi connectivity index (χ4v) is 2.10. The molecule has 23 heavy (non-hydrogen) atoms. The van der Waals surface area contributed by atoms with Gasteiger partial charge in [-0.1, -0.05) is 38.1 Å². The Kier molecular flexibility index (Phi) is 5.72. The molecule has 0 saturated heterocycles. The molecule has 0 aliphatic rings. The lowest BCUT2D eigenvalue weighted by atomic mass is 9.91. The number of rotatable bonds is 5. The van der Waals surface area contributed by atoms with Gasteiger partial charge in [-0.3, -0.25) is 0 Å². The molecule has 0 radical (unpaired) electrons. The van der Waals surface area contributed by atoms with Gasteiger partial charge in [-0.15, -0.1) is 0 Å². The van der Waals surface area contributed by atoms with Crippen molar-refractivity contribution in [1.29, 1.82) is 0 Å². The topological polar surface area (TPSA) is 9.23 Å². The Morgan fingerprint density at radius 3 is 1.78 bits per heavy atom. The fourth-order valence-electron chi connectivity index (χ4n) is 2.10. The van der Waals surface area contributed by atoms with Crippen molar-refractivity contribution in [3.63, 3.8) is 0 Å². The molecule has 0 bridgehead atoms. The van der Waals surface area contributed by atoms with Crippen LogP contribution >= 0.6 is 0 Å². The number of hydrogen-bond donors (Lipinski definition) is 0. The Balaban J connectivity index is 3.22. The van der Waals surface area contributed by atoms with Gasteiger partial charge in [-0.05, 0) is 17.0 Å². The first-order valence-electron chi connectivity index (χ1n) is 6.78. The van der Waals surface area contributed by atoms with E-state index in [4.69, 9.17) is 4.74 Å². The molecule has 132 valence electrons. The number of halogens is 7. The minimum atomic E-state index is -6.09. The molecular formula is C15H17F7O. The third kappa shape index (κ3) is 4.16. The van der Waals surface area contributed by atoms with Gasteiger partial charge >= 0.3 is 18.0 Å². The Hall–Kier alpha value is -1.31. The zero-order valence-electron chi connectivity index (χ0n) is 12.7. The maximum absolute atomic E-state index is 13.9. The average molecular weight is 346 g/mol. The van der Waals surface area contributed by atoms with Gasteiger partial charge in [0.1, 0.15) is 0 Å². The molecule has 8 heteroatoms. The third-order valence-electron chi connectivity index (χ3n) is 3.60. The van der Waals surface area contributed by atoms with Gasteiger partial charge in [0.2, 0.25) is 0 Å². The van der Waals surface area contributed by atoms with E-state index in [0.717, 1.165) is 7.11 Å². The average Bonchev–Trinajstić information content (AvgIpc) is 2.42. The smallest absolute Gasteiger partial charge is 0.377 e. The minimum Gasteiger partial charge on any atom is -0.377 e. The summed E-state index contributed by atoms with van der Waals surface area (Å²) in [5, 5.41) is 0. The SMILES string of the molecule is COC(CC(F)(C(F)(F)F)C(F)(F)F)c1cccc(C(C)C)c1. The molecule has 1 rings (SSSR count). The molecule has 0 spiro atoms. The van der Waals surface area contributed by atoms with Crippen LogP contribution in [0.1, 0.15) is 43.4 Å². The second-order valence-corrected chi connectivity index (χ2v) is 5.55. The lowest BCUT2D eigenvalue weighted by Crippen LogP contribution is -2.54. The van der Waals surface area contributed by atoms with Crippen molar-refractivity contribution in [2.75, 3.05) is 7.11 Å². The molecule has 0 heterocycles. The summed E-state index contributed by atoms with van der Waals surface area (Å²) in [6.45, 7) is 3.62. The molecular weight excluding hydrogens is 329 g/mol. The summed E-state index contributed by atoms with van der Waals surface area (Å²) >= 11 is 0. The molecule has 1 aromatic carbocycles. The van der Waals surface area contributed by atoms with E-state index in [-0.39, 0.29) is 11.5 Å². The predicted molar refractivity (Wildman–Crippen MR) is 70.8 cm³/mol. The van der Waals surface area contributed by atoms with Gasteiger partial charge in [0.05, 0.1) is 6.10 Å². The molecule has 1 aromatic rings. The van der Waals surface area contributed by atoms with Crippen LogP contribution in [0.3, 0.4) is 0 Å². The second-order valence-electron chi connectivity index (χ2n) is 5.55.